The maximum absolute atomic E-state index is 13.3. The summed E-state index contributed by atoms with van der Waals surface area (Å²) in [5.74, 6) is -1.27. The Balaban J connectivity index is 1.43. The monoisotopic (exact) mass is 464 g/mol. The van der Waals surface area contributed by atoms with Crippen LogP contribution in [0.4, 0.5) is 0 Å². The standard InChI is InChI=1S/C24H20N2O6S/c1-31-15-9-7-13(8-10-15)11-14-12-33-23-19(22(29)26(23)18(14)24(30)32-2)25-20(27)16-5-3-4-6-17(16)21(25)28/h3-10,12,18-19,23H,11H2,1-2H3. The lowest BCUT2D eigenvalue weighted by Crippen LogP contribution is -2.74. The minimum absolute atomic E-state index is 0.287. The van der Waals surface area contributed by atoms with E-state index in [2.05, 4.69) is 0 Å². The van der Waals surface area contributed by atoms with Crippen molar-refractivity contribution in [2.24, 2.45) is 0 Å². The molecule has 0 spiro atoms. The van der Waals surface area contributed by atoms with Gasteiger partial charge in [-0.2, -0.15) is 0 Å². The topological polar surface area (TPSA) is 93.2 Å². The van der Waals surface area contributed by atoms with Crippen LogP contribution in [-0.4, -0.2) is 65.2 Å². The fourth-order valence-corrected chi connectivity index (χ4v) is 5.75. The molecule has 1 saturated heterocycles. The SMILES string of the molecule is COC(=O)C1C(Cc2ccc(OC)cc2)=CSC2C(N3C(=O)c4ccccc4C3=O)C(=O)N12. The van der Waals surface area contributed by atoms with E-state index < -0.39 is 41.1 Å². The first-order chi connectivity index (χ1) is 16.0. The van der Waals surface area contributed by atoms with Crippen LogP contribution in [0.5, 0.6) is 5.75 Å². The van der Waals surface area contributed by atoms with E-state index in [4.69, 9.17) is 9.47 Å². The van der Waals surface area contributed by atoms with Crippen LogP contribution in [-0.2, 0) is 20.7 Å². The number of thioether (sulfide) groups is 1. The number of ether oxygens (including phenoxy) is 2. The number of amides is 3. The summed E-state index contributed by atoms with van der Waals surface area (Å²) in [4.78, 5) is 54.2. The lowest BCUT2D eigenvalue weighted by Gasteiger charge is -2.53. The molecule has 3 aliphatic heterocycles. The average Bonchev–Trinajstić information content (AvgIpc) is 3.09. The van der Waals surface area contributed by atoms with Gasteiger partial charge in [0, 0.05) is 0 Å². The third-order valence-electron chi connectivity index (χ3n) is 6.14. The largest absolute Gasteiger partial charge is 0.497 e. The van der Waals surface area contributed by atoms with E-state index in [9.17, 15) is 19.2 Å². The number of benzene rings is 2. The molecule has 5 rings (SSSR count). The average molecular weight is 464 g/mol. The molecule has 9 heteroatoms. The van der Waals surface area contributed by atoms with Crippen LogP contribution in [0.25, 0.3) is 0 Å². The molecular weight excluding hydrogens is 444 g/mol. The van der Waals surface area contributed by atoms with Gasteiger partial charge in [0.15, 0.2) is 6.04 Å². The number of carbonyl (C=O) groups is 4. The van der Waals surface area contributed by atoms with Crippen molar-refractivity contribution in [3.05, 3.63) is 76.2 Å². The van der Waals surface area contributed by atoms with E-state index in [0.717, 1.165) is 16.2 Å². The molecule has 0 aromatic heterocycles. The summed E-state index contributed by atoms with van der Waals surface area (Å²) in [6.07, 6.45) is 0.435. The molecule has 8 nitrogen and oxygen atoms in total. The fourth-order valence-electron chi connectivity index (χ4n) is 4.48. The van der Waals surface area contributed by atoms with E-state index in [1.165, 1.54) is 23.8 Å². The molecule has 33 heavy (non-hydrogen) atoms. The summed E-state index contributed by atoms with van der Waals surface area (Å²) in [6, 6.07) is 12.1. The van der Waals surface area contributed by atoms with Crippen LogP contribution in [0.1, 0.15) is 26.3 Å². The van der Waals surface area contributed by atoms with Crippen molar-refractivity contribution in [1.82, 2.24) is 9.80 Å². The van der Waals surface area contributed by atoms with E-state index in [1.54, 1.807) is 31.4 Å². The van der Waals surface area contributed by atoms with Gasteiger partial charge in [0.2, 0.25) is 0 Å². The van der Waals surface area contributed by atoms with Crippen LogP contribution in [0.15, 0.2) is 59.5 Å². The first-order valence-corrected chi connectivity index (χ1v) is 11.2. The molecule has 3 amide bonds. The van der Waals surface area contributed by atoms with Crippen molar-refractivity contribution < 1.29 is 28.7 Å². The van der Waals surface area contributed by atoms with Crippen LogP contribution in [0.3, 0.4) is 0 Å². The second-order valence-electron chi connectivity index (χ2n) is 7.89. The summed E-state index contributed by atoms with van der Waals surface area (Å²) in [6.45, 7) is 0. The fraction of sp³-hybridized carbons (Fsp3) is 0.250. The Morgan fingerprint density at radius 1 is 0.970 bits per heavy atom. The quantitative estimate of drug-likeness (QED) is 0.381. The van der Waals surface area contributed by atoms with Gasteiger partial charge in [0.25, 0.3) is 17.7 Å². The first-order valence-electron chi connectivity index (χ1n) is 10.3. The zero-order valence-electron chi connectivity index (χ0n) is 17.9. The molecule has 3 atom stereocenters. The lowest BCUT2D eigenvalue weighted by atomic mass is 9.93. The van der Waals surface area contributed by atoms with Gasteiger partial charge >= 0.3 is 5.97 Å². The molecule has 0 bridgehead atoms. The minimum Gasteiger partial charge on any atom is -0.497 e. The van der Waals surface area contributed by atoms with Crippen molar-refractivity contribution in [2.75, 3.05) is 14.2 Å². The van der Waals surface area contributed by atoms with Crippen LogP contribution < -0.4 is 4.74 Å². The van der Waals surface area contributed by atoms with E-state index in [0.29, 0.717) is 12.0 Å². The Kier molecular flexibility index (Phi) is 5.20. The van der Waals surface area contributed by atoms with E-state index in [-0.39, 0.29) is 11.1 Å². The predicted molar refractivity (Wildman–Crippen MR) is 120 cm³/mol. The summed E-state index contributed by atoms with van der Waals surface area (Å²) in [5, 5.41) is 1.29. The highest BCUT2D eigenvalue weighted by Crippen LogP contribution is 2.44. The third kappa shape index (κ3) is 3.22. The third-order valence-corrected chi connectivity index (χ3v) is 7.34. The van der Waals surface area contributed by atoms with Crippen LogP contribution in [0.2, 0.25) is 0 Å². The summed E-state index contributed by atoms with van der Waals surface area (Å²) in [7, 11) is 2.86. The lowest BCUT2D eigenvalue weighted by molar-refractivity contribution is -0.163. The Morgan fingerprint density at radius 2 is 1.61 bits per heavy atom. The number of β-lactam (4-membered cyclic amide) rings is 1. The highest BCUT2D eigenvalue weighted by atomic mass is 32.2. The van der Waals surface area contributed by atoms with Gasteiger partial charge in [-0.1, -0.05) is 24.3 Å². The molecule has 3 unspecified atom stereocenters. The van der Waals surface area contributed by atoms with Crippen LogP contribution >= 0.6 is 11.8 Å². The van der Waals surface area contributed by atoms with Gasteiger partial charge in [-0.05, 0) is 47.2 Å². The molecule has 2 aromatic carbocycles. The Bertz CT molecular complexity index is 1170. The summed E-state index contributed by atoms with van der Waals surface area (Å²) < 4.78 is 10.2. The maximum Gasteiger partial charge on any atom is 0.333 e. The number of methoxy groups -OCH3 is 2. The molecule has 0 saturated carbocycles. The molecule has 1 fully saturated rings. The van der Waals surface area contributed by atoms with Gasteiger partial charge in [-0.3, -0.25) is 19.3 Å². The number of fused-ring (bicyclic) bond motifs is 2. The highest BCUT2D eigenvalue weighted by Gasteiger charge is 2.61. The number of hydrogen-bond acceptors (Lipinski definition) is 7. The van der Waals surface area contributed by atoms with Crippen molar-refractivity contribution >= 4 is 35.5 Å². The molecule has 0 aliphatic carbocycles. The van der Waals surface area contributed by atoms with Crippen molar-refractivity contribution in [2.45, 2.75) is 23.9 Å². The zero-order chi connectivity index (χ0) is 23.3. The van der Waals surface area contributed by atoms with Gasteiger partial charge in [-0.15, -0.1) is 11.8 Å². The number of esters is 1. The first kappa shape index (κ1) is 21.3. The van der Waals surface area contributed by atoms with Crippen molar-refractivity contribution in [1.29, 1.82) is 0 Å². The number of hydrogen-bond donors (Lipinski definition) is 0. The smallest absolute Gasteiger partial charge is 0.333 e. The van der Waals surface area contributed by atoms with Gasteiger partial charge in [0.1, 0.15) is 17.2 Å². The number of rotatable bonds is 5. The molecule has 168 valence electrons. The molecule has 3 aliphatic rings. The predicted octanol–water partition coefficient (Wildman–Crippen LogP) is 2.24. The number of carbonyl (C=O) groups excluding carboxylic acids is 4. The molecule has 3 heterocycles. The summed E-state index contributed by atoms with van der Waals surface area (Å²) in [5.41, 5.74) is 2.23. The van der Waals surface area contributed by atoms with Gasteiger partial charge < -0.3 is 14.4 Å². The Hall–Kier alpha value is -3.59. The minimum atomic E-state index is -0.964. The van der Waals surface area contributed by atoms with Crippen molar-refractivity contribution in [3.63, 3.8) is 0 Å². The van der Waals surface area contributed by atoms with Crippen molar-refractivity contribution in [3.8, 4) is 5.75 Å². The Morgan fingerprint density at radius 3 is 2.18 bits per heavy atom. The van der Waals surface area contributed by atoms with Gasteiger partial charge in [0.05, 0.1) is 25.3 Å². The second-order valence-corrected chi connectivity index (χ2v) is 8.88. The Labute approximate surface area is 194 Å². The number of imide groups is 1. The normalized spacial score (nSPS) is 23.5. The maximum atomic E-state index is 13.3. The molecule has 2 aromatic rings. The highest BCUT2D eigenvalue weighted by molar-refractivity contribution is 8.03. The zero-order valence-corrected chi connectivity index (χ0v) is 18.7. The van der Waals surface area contributed by atoms with E-state index in [1.807, 2.05) is 29.7 Å². The molecule has 0 radical (unpaired) electrons. The number of nitrogens with zero attached hydrogens (tertiary/aromatic N) is 2. The second kappa shape index (κ2) is 8.08. The molecular formula is C24H20N2O6S. The van der Waals surface area contributed by atoms with Crippen LogP contribution in [0, 0.1) is 0 Å². The van der Waals surface area contributed by atoms with E-state index >= 15 is 0 Å². The molecule has 0 N–H and O–H groups in total. The summed E-state index contributed by atoms with van der Waals surface area (Å²) >= 11 is 1.33. The van der Waals surface area contributed by atoms with Gasteiger partial charge in [-0.25, -0.2) is 4.79 Å².